The Labute approximate surface area is 338 Å². The first-order valence-electron chi connectivity index (χ1n) is 22.8. The van der Waals surface area contributed by atoms with Gasteiger partial charge >= 0.3 is 13.8 Å². The van der Waals surface area contributed by atoms with Gasteiger partial charge in [-0.3, -0.25) is 13.8 Å². The molecule has 0 aromatic heterocycles. The lowest BCUT2D eigenvalue weighted by atomic mass is 10.0. The van der Waals surface area contributed by atoms with Crippen LogP contribution in [0.3, 0.4) is 0 Å². The van der Waals surface area contributed by atoms with Crippen LogP contribution in [-0.2, 0) is 27.9 Å². The summed E-state index contributed by atoms with van der Waals surface area (Å²) < 4.78 is 33.4. The first kappa shape index (κ1) is 53.9. The summed E-state index contributed by atoms with van der Waals surface area (Å²) in [7, 11) is -4.52. The highest BCUT2D eigenvalue weighted by atomic mass is 31.2. The number of carbonyl (C=O) groups excluding carboxylic acids is 1. The maximum absolute atomic E-state index is 12.6. The molecule has 0 aliphatic rings. The largest absolute Gasteiger partial charge is 0.472 e. The van der Waals surface area contributed by atoms with Gasteiger partial charge in [0.05, 0.1) is 26.4 Å². The number of carbonyl (C=O) groups is 1. The monoisotopic (exact) mass is 803 g/mol. The Balaban J connectivity index is 4.12. The molecule has 0 radical (unpaired) electrons. The van der Waals surface area contributed by atoms with Crippen LogP contribution in [0.25, 0.3) is 0 Å². The van der Waals surface area contributed by atoms with E-state index in [1.54, 1.807) is 0 Å². The van der Waals surface area contributed by atoms with E-state index in [9.17, 15) is 19.4 Å². The van der Waals surface area contributed by atoms with Crippen molar-refractivity contribution in [1.82, 2.24) is 0 Å². The Kier molecular flexibility index (Phi) is 41.7. The summed E-state index contributed by atoms with van der Waals surface area (Å²) in [6.07, 6.45) is 44.2. The fourth-order valence-corrected chi connectivity index (χ4v) is 7.18. The second-order valence-corrected chi connectivity index (χ2v) is 16.9. The number of esters is 1. The summed E-state index contributed by atoms with van der Waals surface area (Å²) in [6, 6.07) is 0. The van der Waals surface area contributed by atoms with Crippen molar-refractivity contribution < 1.29 is 43.0 Å². The molecule has 10 heteroatoms. The molecule has 0 aromatic rings. The van der Waals surface area contributed by atoms with Crippen molar-refractivity contribution in [3.8, 4) is 0 Å². The first-order valence-corrected chi connectivity index (χ1v) is 24.3. The molecule has 0 fully saturated rings. The summed E-state index contributed by atoms with van der Waals surface area (Å²) >= 11 is 0. The van der Waals surface area contributed by atoms with Gasteiger partial charge in [-0.2, -0.15) is 0 Å². The molecule has 0 rings (SSSR count). The van der Waals surface area contributed by atoms with Crippen LogP contribution in [0, 0.1) is 0 Å². The number of ether oxygens (including phenoxy) is 2. The van der Waals surface area contributed by atoms with Crippen LogP contribution in [-0.4, -0.2) is 66.3 Å². The number of hydrogen-bond donors (Lipinski definition) is 3. The standard InChI is InChI=1S/C45H87O9P/c1-3-5-7-9-11-13-15-17-19-20-21-22-24-26-28-30-32-34-36-38-51-41-44(42-53-55(49,50)52-40-43(47)39-46)54-45(48)37-35-33-31-29-27-25-23-18-16-14-12-10-8-6-4-2/h12,14,18,23,43-44,46-47H,3-11,13,15-17,19-22,24-42H2,1-2H3,(H,49,50)/b14-12-,23-18-. The van der Waals surface area contributed by atoms with Gasteiger partial charge in [-0.1, -0.05) is 186 Å². The lowest BCUT2D eigenvalue weighted by Gasteiger charge is -2.20. The SMILES string of the molecule is CCCCC/C=C\C/C=C\CCCCCCCC(=O)OC(COCCCCCCCCCCCCCCCCCCCCC)COP(=O)(O)OCC(O)CO. The molecular formula is C45H87O9P. The predicted molar refractivity (Wildman–Crippen MR) is 228 cm³/mol. The van der Waals surface area contributed by atoms with E-state index in [4.69, 9.17) is 23.6 Å². The molecule has 0 bridgehead atoms. The van der Waals surface area contributed by atoms with Gasteiger partial charge < -0.3 is 24.6 Å². The quantitative estimate of drug-likeness (QED) is 0.0238. The van der Waals surface area contributed by atoms with Crippen LogP contribution in [0.1, 0.15) is 213 Å². The second-order valence-electron chi connectivity index (χ2n) is 15.4. The number of aliphatic hydroxyl groups excluding tert-OH is 2. The summed E-state index contributed by atoms with van der Waals surface area (Å²) in [5, 5.41) is 18.4. The van der Waals surface area contributed by atoms with Crippen LogP contribution in [0.4, 0.5) is 0 Å². The maximum Gasteiger partial charge on any atom is 0.472 e. The Bertz CT molecular complexity index is 913. The summed E-state index contributed by atoms with van der Waals surface area (Å²) in [4.78, 5) is 22.6. The average Bonchev–Trinajstić information content (AvgIpc) is 3.18. The zero-order valence-electron chi connectivity index (χ0n) is 35.7. The topological polar surface area (TPSA) is 132 Å². The van der Waals surface area contributed by atoms with Crippen LogP contribution < -0.4 is 0 Å². The molecule has 55 heavy (non-hydrogen) atoms. The lowest BCUT2D eigenvalue weighted by molar-refractivity contribution is -0.154. The van der Waals surface area contributed by atoms with E-state index in [2.05, 4.69) is 38.2 Å². The van der Waals surface area contributed by atoms with Crippen LogP contribution in [0.5, 0.6) is 0 Å². The van der Waals surface area contributed by atoms with Crippen molar-refractivity contribution in [1.29, 1.82) is 0 Å². The molecule has 3 N–H and O–H groups in total. The van der Waals surface area contributed by atoms with E-state index >= 15 is 0 Å². The van der Waals surface area contributed by atoms with Crippen molar-refractivity contribution in [2.45, 2.75) is 225 Å². The highest BCUT2D eigenvalue weighted by molar-refractivity contribution is 7.47. The van der Waals surface area contributed by atoms with E-state index in [1.807, 2.05) is 0 Å². The van der Waals surface area contributed by atoms with Gasteiger partial charge in [0.15, 0.2) is 0 Å². The minimum atomic E-state index is -4.52. The van der Waals surface area contributed by atoms with Gasteiger partial charge in [0.25, 0.3) is 0 Å². The molecule has 0 saturated heterocycles. The van der Waals surface area contributed by atoms with E-state index in [1.165, 1.54) is 135 Å². The smallest absolute Gasteiger partial charge is 0.457 e. The molecule has 0 amide bonds. The Morgan fingerprint density at radius 1 is 0.564 bits per heavy atom. The fraction of sp³-hybridized carbons (Fsp3) is 0.889. The minimum Gasteiger partial charge on any atom is -0.457 e. The van der Waals surface area contributed by atoms with Crippen molar-refractivity contribution in [3.63, 3.8) is 0 Å². The zero-order valence-corrected chi connectivity index (χ0v) is 36.6. The van der Waals surface area contributed by atoms with Crippen molar-refractivity contribution in [3.05, 3.63) is 24.3 Å². The van der Waals surface area contributed by atoms with Gasteiger partial charge in [-0.05, 0) is 44.9 Å². The molecular weight excluding hydrogens is 715 g/mol. The molecule has 0 heterocycles. The van der Waals surface area contributed by atoms with Crippen LogP contribution >= 0.6 is 7.82 Å². The van der Waals surface area contributed by atoms with Gasteiger partial charge in [0.1, 0.15) is 12.2 Å². The molecule has 3 unspecified atom stereocenters. The number of hydrogen-bond acceptors (Lipinski definition) is 8. The van der Waals surface area contributed by atoms with Crippen molar-refractivity contribution in [2.75, 3.05) is 33.0 Å². The number of phosphoric acid groups is 1. The highest BCUT2D eigenvalue weighted by Crippen LogP contribution is 2.43. The molecule has 0 aliphatic heterocycles. The zero-order chi connectivity index (χ0) is 40.3. The Morgan fingerprint density at radius 3 is 1.49 bits per heavy atom. The third kappa shape index (κ3) is 42.4. The Hall–Kier alpha value is -1.06. The number of rotatable bonds is 44. The third-order valence-electron chi connectivity index (χ3n) is 9.89. The molecule has 9 nitrogen and oxygen atoms in total. The summed E-state index contributed by atoms with van der Waals surface area (Å²) in [6.45, 7) is 3.51. The molecule has 0 saturated carbocycles. The second kappa shape index (κ2) is 42.5. The van der Waals surface area contributed by atoms with E-state index in [0.717, 1.165) is 51.4 Å². The Morgan fingerprint density at radius 2 is 0.982 bits per heavy atom. The molecule has 0 aromatic carbocycles. The van der Waals surface area contributed by atoms with Gasteiger partial charge in [-0.15, -0.1) is 0 Å². The number of aliphatic hydroxyl groups is 2. The maximum atomic E-state index is 12.6. The average molecular weight is 803 g/mol. The predicted octanol–water partition coefficient (Wildman–Crippen LogP) is 12.6. The van der Waals surface area contributed by atoms with Crippen LogP contribution in [0.2, 0.25) is 0 Å². The molecule has 0 spiro atoms. The van der Waals surface area contributed by atoms with E-state index < -0.39 is 39.2 Å². The van der Waals surface area contributed by atoms with Crippen molar-refractivity contribution >= 4 is 13.8 Å². The fourth-order valence-electron chi connectivity index (χ4n) is 6.39. The van der Waals surface area contributed by atoms with E-state index in [-0.39, 0.29) is 19.6 Å². The van der Waals surface area contributed by atoms with Gasteiger partial charge in [0, 0.05) is 13.0 Å². The molecule has 0 aliphatic carbocycles. The van der Waals surface area contributed by atoms with Gasteiger partial charge in [-0.25, -0.2) is 4.57 Å². The van der Waals surface area contributed by atoms with Crippen molar-refractivity contribution in [2.24, 2.45) is 0 Å². The highest BCUT2D eigenvalue weighted by Gasteiger charge is 2.26. The summed E-state index contributed by atoms with van der Waals surface area (Å²) in [5.74, 6) is -0.393. The number of allylic oxidation sites excluding steroid dienone is 4. The minimum absolute atomic E-state index is 0.0478. The number of phosphoric ester groups is 1. The number of unbranched alkanes of at least 4 members (excludes halogenated alkanes) is 26. The molecule has 326 valence electrons. The lowest BCUT2D eigenvalue weighted by Crippen LogP contribution is -2.29. The van der Waals surface area contributed by atoms with E-state index in [0.29, 0.717) is 13.0 Å². The summed E-state index contributed by atoms with van der Waals surface area (Å²) in [5.41, 5.74) is 0. The normalized spacial score (nSPS) is 14.2. The molecule has 3 atom stereocenters. The first-order chi connectivity index (χ1) is 26.8. The van der Waals surface area contributed by atoms with Crippen LogP contribution in [0.15, 0.2) is 24.3 Å². The van der Waals surface area contributed by atoms with Gasteiger partial charge in [0.2, 0.25) is 0 Å². The third-order valence-corrected chi connectivity index (χ3v) is 10.8.